The van der Waals surface area contributed by atoms with Gasteiger partial charge in [0, 0.05) is 30.7 Å². The molecule has 1 atom stereocenters. The monoisotopic (exact) mass is 423 g/mol. The van der Waals surface area contributed by atoms with Gasteiger partial charge < -0.3 is 29.0 Å². The predicted molar refractivity (Wildman–Crippen MR) is 122 cm³/mol. The van der Waals surface area contributed by atoms with Crippen LogP contribution in [0.3, 0.4) is 0 Å². The summed E-state index contributed by atoms with van der Waals surface area (Å²) in [7, 11) is 4.87. The normalized spacial score (nSPS) is 15.3. The molecule has 0 fully saturated rings. The molecule has 6 nitrogen and oxygen atoms in total. The molecule has 0 saturated carbocycles. The van der Waals surface area contributed by atoms with Crippen molar-refractivity contribution in [1.29, 1.82) is 0 Å². The lowest BCUT2D eigenvalue weighted by Crippen LogP contribution is -2.44. The zero-order valence-corrected chi connectivity index (χ0v) is 18.1. The van der Waals surface area contributed by atoms with E-state index in [1.807, 2.05) is 42.5 Å². The van der Waals surface area contributed by atoms with E-state index in [1.165, 1.54) is 0 Å². The molecule has 2 heterocycles. The molecule has 156 valence electrons. The number of aromatic nitrogens is 1. The van der Waals surface area contributed by atoms with E-state index >= 15 is 0 Å². The Hall–Kier alpha value is -3.19. The number of rotatable bonds is 5. The van der Waals surface area contributed by atoms with Crippen molar-refractivity contribution in [2.45, 2.75) is 12.6 Å². The highest BCUT2D eigenvalue weighted by atomic mass is 32.1. The second-order valence-corrected chi connectivity index (χ2v) is 7.36. The predicted octanol–water partition coefficient (Wildman–Crippen LogP) is 4.32. The number of fused-ring (bicyclic) bond motifs is 1. The van der Waals surface area contributed by atoms with Crippen LogP contribution in [0.4, 0.5) is 5.69 Å². The van der Waals surface area contributed by atoms with E-state index in [4.69, 9.17) is 26.4 Å². The molecule has 4 rings (SSSR count). The van der Waals surface area contributed by atoms with Crippen LogP contribution in [0.1, 0.15) is 17.3 Å². The van der Waals surface area contributed by atoms with E-state index in [9.17, 15) is 0 Å². The lowest BCUT2D eigenvalue weighted by molar-refractivity contribution is 0.288. The molecule has 30 heavy (non-hydrogen) atoms. The van der Waals surface area contributed by atoms with Crippen molar-refractivity contribution < 1.29 is 14.2 Å². The molecular weight excluding hydrogens is 398 g/mol. The molecule has 0 radical (unpaired) electrons. The van der Waals surface area contributed by atoms with Gasteiger partial charge in [-0.05, 0) is 54.2 Å². The summed E-state index contributed by atoms with van der Waals surface area (Å²) >= 11 is 5.83. The largest absolute Gasteiger partial charge is 0.493 e. The number of methoxy groups -OCH3 is 3. The molecule has 1 aliphatic rings. The lowest BCUT2D eigenvalue weighted by Gasteiger charge is -2.39. The van der Waals surface area contributed by atoms with E-state index in [0.29, 0.717) is 22.4 Å². The molecule has 0 saturated heterocycles. The van der Waals surface area contributed by atoms with E-state index < -0.39 is 0 Å². The third-order valence-electron chi connectivity index (χ3n) is 5.33. The number of hydrogen-bond donors (Lipinski definition) is 1. The van der Waals surface area contributed by atoms with Crippen LogP contribution in [0.2, 0.25) is 0 Å². The summed E-state index contributed by atoms with van der Waals surface area (Å²) < 4.78 is 18.9. The van der Waals surface area contributed by atoms with Crippen LogP contribution in [0, 0.1) is 0 Å². The molecule has 0 amide bonds. The Kier molecular flexibility index (Phi) is 5.81. The van der Waals surface area contributed by atoms with Crippen molar-refractivity contribution in [2.24, 2.45) is 0 Å². The van der Waals surface area contributed by atoms with Gasteiger partial charge in [-0.1, -0.05) is 18.2 Å². The van der Waals surface area contributed by atoms with Crippen molar-refractivity contribution in [2.75, 3.05) is 33.2 Å². The zero-order valence-electron chi connectivity index (χ0n) is 17.3. The highest BCUT2D eigenvalue weighted by Gasteiger charge is 2.32. The van der Waals surface area contributed by atoms with Crippen molar-refractivity contribution in [3.05, 3.63) is 72.1 Å². The van der Waals surface area contributed by atoms with Crippen LogP contribution < -0.4 is 19.5 Å². The number of nitrogens with one attached hydrogen (secondary N) is 1. The van der Waals surface area contributed by atoms with E-state index in [2.05, 4.69) is 33.1 Å². The number of nitrogens with zero attached hydrogens (tertiary/aromatic N) is 2. The second-order valence-electron chi connectivity index (χ2n) is 6.98. The fourth-order valence-corrected chi connectivity index (χ4v) is 4.24. The summed E-state index contributed by atoms with van der Waals surface area (Å²) in [6.07, 6.45) is 2.10. The molecule has 0 aliphatic carbocycles. The first-order valence-corrected chi connectivity index (χ1v) is 10.1. The van der Waals surface area contributed by atoms with Crippen LogP contribution in [-0.2, 0) is 6.54 Å². The summed E-state index contributed by atoms with van der Waals surface area (Å²) in [6.45, 7) is 1.64. The molecule has 1 aliphatic heterocycles. The Balaban J connectivity index is 1.77. The van der Waals surface area contributed by atoms with Crippen molar-refractivity contribution in [3.8, 4) is 17.2 Å². The molecular formula is C23H25N3O3S. The minimum absolute atomic E-state index is 0.0915. The summed E-state index contributed by atoms with van der Waals surface area (Å²) in [5.41, 5.74) is 3.14. The van der Waals surface area contributed by atoms with E-state index in [-0.39, 0.29) is 6.04 Å². The van der Waals surface area contributed by atoms with Crippen molar-refractivity contribution >= 4 is 23.0 Å². The van der Waals surface area contributed by atoms with Crippen molar-refractivity contribution in [3.63, 3.8) is 0 Å². The first-order valence-electron chi connectivity index (χ1n) is 9.74. The van der Waals surface area contributed by atoms with Crippen LogP contribution in [-0.4, -0.2) is 42.5 Å². The summed E-state index contributed by atoms with van der Waals surface area (Å²) in [6, 6.07) is 18.1. The van der Waals surface area contributed by atoms with Gasteiger partial charge in [-0.15, -0.1) is 0 Å². The maximum absolute atomic E-state index is 5.83. The highest BCUT2D eigenvalue weighted by Crippen LogP contribution is 2.43. The fourth-order valence-electron chi connectivity index (χ4n) is 3.93. The number of ether oxygens (including phenoxy) is 3. The average Bonchev–Trinajstić information content (AvgIpc) is 3.26. The molecule has 0 unspecified atom stereocenters. The minimum atomic E-state index is -0.0915. The number of anilines is 1. The summed E-state index contributed by atoms with van der Waals surface area (Å²) in [5.74, 6) is 1.82. The second kappa shape index (κ2) is 8.67. The number of benzene rings is 2. The van der Waals surface area contributed by atoms with Gasteiger partial charge in [0.25, 0.3) is 0 Å². The quantitative estimate of drug-likeness (QED) is 0.617. The van der Waals surface area contributed by atoms with E-state index in [0.717, 1.165) is 30.0 Å². The fraction of sp³-hybridized carbons (Fsp3) is 0.261. The van der Waals surface area contributed by atoms with Crippen LogP contribution >= 0.6 is 12.2 Å². The topological polar surface area (TPSA) is 47.9 Å². The minimum Gasteiger partial charge on any atom is -0.493 e. The molecule has 7 heteroatoms. The Morgan fingerprint density at radius 1 is 0.933 bits per heavy atom. The van der Waals surface area contributed by atoms with Gasteiger partial charge in [-0.3, -0.25) is 0 Å². The van der Waals surface area contributed by atoms with Gasteiger partial charge in [0.05, 0.1) is 27.4 Å². The molecule has 1 aromatic heterocycles. The highest BCUT2D eigenvalue weighted by molar-refractivity contribution is 7.80. The Bertz CT molecular complexity index is 1010. The third-order valence-corrected chi connectivity index (χ3v) is 5.66. The number of para-hydroxylation sites is 1. The Labute approximate surface area is 182 Å². The molecule has 0 spiro atoms. The van der Waals surface area contributed by atoms with E-state index in [1.54, 1.807) is 21.3 Å². The lowest BCUT2D eigenvalue weighted by atomic mass is 9.99. The van der Waals surface area contributed by atoms with Crippen molar-refractivity contribution in [1.82, 2.24) is 9.47 Å². The van der Waals surface area contributed by atoms with Gasteiger partial charge >= 0.3 is 0 Å². The smallest absolute Gasteiger partial charge is 0.203 e. The Morgan fingerprint density at radius 2 is 1.63 bits per heavy atom. The number of thiocarbonyl (C=S) groups is 1. The van der Waals surface area contributed by atoms with Crippen LogP contribution in [0.15, 0.2) is 60.8 Å². The zero-order chi connectivity index (χ0) is 21.1. The van der Waals surface area contributed by atoms with Gasteiger partial charge in [0.15, 0.2) is 16.6 Å². The SMILES string of the molecule is COc1cc([C@H]2c3cccn3CCN2C(=S)Nc2ccccc2)cc(OC)c1OC. The van der Waals surface area contributed by atoms with Gasteiger partial charge in [0.1, 0.15) is 0 Å². The summed E-state index contributed by atoms with van der Waals surface area (Å²) in [5, 5.41) is 4.05. The van der Waals surface area contributed by atoms with Gasteiger partial charge in [-0.25, -0.2) is 0 Å². The standard InChI is InChI=1S/C23H25N3O3S/c1-27-19-14-16(15-20(28-2)22(19)29-3)21-18-10-7-11-25(18)12-13-26(21)23(30)24-17-8-5-4-6-9-17/h4-11,14-15,21H,12-13H2,1-3H3,(H,24,30)/t21-/m0/s1. The molecule has 3 aromatic rings. The third kappa shape index (κ3) is 3.68. The molecule has 0 bridgehead atoms. The first-order chi connectivity index (χ1) is 14.7. The summed E-state index contributed by atoms with van der Waals surface area (Å²) in [4.78, 5) is 2.21. The van der Waals surface area contributed by atoms with Gasteiger partial charge in [0.2, 0.25) is 5.75 Å². The molecule has 1 N–H and O–H groups in total. The average molecular weight is 424 g/mol. The maximum Gasteiger partial charge on any atom is 0.203 e. The van der Waals surface area contributed by atoms with Crippen LogP contribution in [0.25, 0.3) is 0 Å². The maximum atomic E-state index is 5.83. The molecule has 2 aromatic carbocycles. The first kappa shape index (κ1) is 20.1. The Morgan fingerprint density at radius 3 is 2.27 bits per heavy atom. The number of hydrogen-bond acceptors (Lipinski definition) is 4. The van der Waals surface area contributed by atoms with Gasteiger partial charge in [-0.2, -0.15) is 0 Å². The van der Waals surface area contributed by atoms with Crippen LogP contribution in [0.5, 0.6) is 17.2 Å².